The third kappa shape index (κ3) is 5.81. The van der Waals surface area contributed by atoms with Gasteiger partial charge in [-0.25, -0.2) is 9.59 Å². The first-order chi connectivity index (χ1) is 16.9. The summed E-state index contributed by atoms with van der Waals surface area (Å²) in [5.41, 5.74) is 2.85. The van der Waals surface area contributed by atoms with Crippen molar-refractivity contribution < 1.29 is 14.3 Å². The summed E-state index contributed by atoms with van der Waals surface area (Å²) in [5, 5.41) is 3.56. The minimum absolute atomic E-state index is 0.224. The van der Waals surface area contributed by atoms with Gasteiger partial charge in [-0.1, -0.05) is 65.7 Å². The van der Waals surface area contributed by atoms with E-state index in [1.165, 1.54) is 10.5 Å². The first kappa shape index (κ1) is 25.5. The highest BCUT2D eigenvalue weighted by molar-refractivity contribution is 6.42. The summed E-state index contributed by atoms with van der Waals surface area (Å²) in [5.74, 6) is -0.474. The number of amides is 2. The van der Waals surface area contributed by atoms with Crippen molar-refractivity contribution in [2.75, 3.05) is 46.4 Å². The molecule has 0 aromatic heterocycles. The number of carbonyl (C=O) groups excluding carboxylic acids is 2. The Morgan fingerprint density at radius 2 is 1.66 bits per heavy atom. The van der Waals surface area contributed by atoms with Crippen molar-refractivity contribution in [3.63, 3.8) is 0 Å². The van der Waals surface area contributed by atoms with Crippen LogP contribution in [-0.2, 0) is 16.1 Å². The molecular weight excluding hydrogens is 487 g/mol. The predicted octanol–water partition coefficient (Wildman–Crippen LogP) is 4.32. The van der Waals surface area contributed by atoms with Crippen LogP contribution in [0.15, 0.2) is 59.8 Å². The van der Waals surface area contributed by atoms with Gasteiger partial charge in [0.05, 0.1) is 28.3 Å². The van der Waals surface area contributed by atoms with Crippen LogP contribution in [0.25, 0.3) is 0 Å². The second-order valence-electron chi connectivity index (χ2n) is 8.70. The first-order valence-corrected chi connectivity index (χ1v) is 12.5. The van der Waals surface area contributed by atoms with E-state index in [-0.39, 0.29) is 12.6 Å². The standard InChI is InChI=1S/C26H30Cl2N4O3/c1-3-35-25(33)22-21(17-32-14-12-31(13-15-32)16-18-8-5-4-6-9-18)30(2)26(34)29-24(22)19-10-7-11-20(27)23(19)28/h4-11,24H,3,12-17H2,1-2H3,(H,29,34)/t24-/m1/s1. The van der Waals surface area contributed by atoms with Crippen molar-refractivity contribution in [1.29, 1.82) is 0 Å². The Kier molecular flexibility index (Phi) is 8.34. The fourth-order valence-electron chi connectivity index (χ4n) is 4.53. The molecule has 7 nitrogen and oxygen atoms in total. The van der Waals surface area contributed by atoms with Crippen molar-refractivity contribution in [2.45, 2.75) is 19.5 Å². The number of nitrogens with zero attached hydrogens (tertiary/aromatic N) is 3. The monoisotopic (exact) mass is 516 g/mol. The first-order valence-electron chi connectivity index (χ1n) is 11.8. The zero-order chi connectivity index (χ0) is 24.9. The molecule has 35 heavy (non-hydrogen) atoms. The number of ether oxygens (including phenoxy) is 1. The lowest BCUT2D eigenvalue weighted by Gasteiger charge is -2.39. The number of likely N-dealkylation sites (N-methyl/N-ethyl adjacent to an activating group) is 1. The van der Waals surface area contributed by atoms with Crippen molar-refractivity contribution >= 4 is 35.2 Å². The molecule has 1 fully saturated rings. The van der Waals surface area contributed by atoms with E-state index in [4.69, 9.17) is 27.9 Å². The number of esters is 1. The van der Waals surface area contributed by atoms with E-state index in [2.05, 4.69) is 39.4 Å². The minimum Gasteiger partial charge on any atom is -0.463 e. The number of piperazine rings is 1. The third-order valence-electron chi connectivity index (χ3n) is 6.45. The van der Waals surface area contributed by atoms with Crippen LogP contribution in [0, 0.1) is 0 Å². The molecule has 0 spiro atoms. The van der Waals surface area contributed by atoms with E-state index in [0.717, 1.165) is 32.7 Å². The largest absolute Gasteiger partial charge is 0.463 e. The Labute approximate surface area is 216 Å². The summed E-state index contributed by atoms with van der Waals surface area (Å²) in [6.07, 6.45) is 0. The Hall–Kier alpha value is -2.58. The smallest absolute Gasteiger partial charge is 0.338 e. The number of benzene rings is 2. The maximum atomic E-state index is 13.2. The zero-order valence-corrected chi connectivity index (χ0v) is 21.5. The van der Waals surface area contributed by atoms with Crippen LogP contribution < -0.4 is 5.32 Å². The molecule has 1 saturated heterocycles. The highest BCUT2D eigenvalue weighted by Gasteiger charge is 2.38. The zero-order valence-electron chi connectivity index (χ0n) is 20.0. The van der Waals surface area contributed by atoms with Crippen molar-refractivity contribution in [3.8, 4) is 0 Å². The van der Waals surface area contributed by atoms with E-state index in [1.54, 1.807) is 32.2 Å². The molecular formula is C26H30Cl2N4O3. The molecule has 2 aromatic carbocycles. The number of hydrogen-bond acceptors (Lipinski definition) is 5. The minimum atomic E-state index is -0.752. The average molecular weight is 517 g/mol. The van der Waals surface area contributed by atoms with Gasteiger partial charge in [0.1, 0.15) is 0 Å². The topological polar surface area (TPSA) is 65.1 Å². The Morgan fingerprint density at radius 3 is 2.31 bits per heavy atom. The van der Waals surface area contributed by atoms with Gasteiger partial charge in [-0.05, 0) is 24.1 Å². The van der Waals surface area contributed by atoms with Gasteiger partial charge in [-0.15, -0.1) is 0 Å². The number of rotatable bonds is 7. The molecule has 1 atom stereocenters. The van der Waals surface area contributed by atoms with Gasteiger partial charge in [0.25, 0.3) is 0 Å². The van der Waals surface area contributed by atoms with Crippen LogP contribution in [0.2, 0.25) is 10.0 Å². The number of nitrogens with one attached hydrogen (secondary N) is 1. The molecule has 0 saturated carbocycles. The normalized spacial score (nSPS) is 19.6. The summed E-state index contributed by atoms with van der Waals surface area (Å²) in [6, 6.07) is 14.5. The highest BCUT2D eigenvalue weighted by atomic mass is 35.5. The van der Waals surface area contributed by atoms with Gasteiger partial charge in [0, 0.05) is 52.0 Å². The molecule has 1 N–H and O–H groups in total. The second kappa shape index (κ2) is 11.4. The molecule has 186 valence electrons. The fraction of sp³-hybridized carbons (Fsp3) is 0.385. The quantitative estimate of drug-likeness (QED) is 0.555. The van der Waals surface area contributed by atoms with Gasteiger partial charge in [-0.3, -0.25) is 14.7 Å². The average Bonchev–Trinajstić information content (AvgIpc) is 2.85. The van der Waals surface area contributed by atoms with E-state index in [0.29, 0.717) is 33.4 Å². The Bertz CT molecular complexity index is 1100. The van der Waals surface area contributed by atoms with Crippen molar-refractivity contribution in [2.24, 2.45) is 0 Å². The van der Waals surface area contributed by atoms with E-state index in [9.17, 15) is 9.59 Å². The van der Waals surface area contributed by atoms with Crippen LogP contribution >= 0.6 is 23.2 Å². The predicted molar refractivity (Wildman–Crippen MR) is 137 cm³/mol. The van der Waals surface area contributed by atoms with Crippen molar-refractivity contribution in [3.05, 3.63) is 81.0 Å². The molecule has 2 aromatic rings. The van der Waals surface area contributed by atoms with Crippen LogP contribution in [0.4, 0.5) is 4.79 Å². The SMILES string of the molecule is CCOC(=O)C1=C(CN2CCN(Cc3ccccc3)CC2)N(C)C(=O)N[C@@H]1c1cccc(Cl)c1Cl. The van der Waals surface area contributed by atoms with Crippen LogP contribution in [-0.4, -0.2) is 73.1 Å². The van der Waals surface area contributed by atoms with Gasteiger partial charge in [0.2, 0.25) is 0 Å². The summed E-state index contributed by atoms with van der Waals surface area (Å²) < 4.78 is 5.41. The number of halogens is 2. The van der Waals surface area contributed by atoms with E-state index in [1.807, 2.05) is 6.07 Å². The maximum absolute atomic E-state index is 13.2. The summed E-state index contributed by atoms with van der Waals surface area (Å²) in [6.45, 7) is 6.79. The van der Waals surface area contributed by atoms with Crippen LogP contribution in [0.5, 0.6) is 0 Å². The molecule has 0 radical (unpaired) electrons. The molecule has 9 heteroatoms. The van der Waals surface area contributed by atoms with Crippen molar-refractivity contribution in [1.82, 2.24) is 20.0 Å². The number of urea groups is 1. The molecule has 2 amide bonds. The Balaban J connectivity index is 1.58. The molecule has 0 aliphatic carbocycles. The molecule has 4 rings (SSSR count). The van der Waals surface area contributed by atoms with Gasteiger partial charge < -0.3 is 10.1 Å². The molecule has 2 aliphatic rings. The summed E-state index contributed by atoms with van der Waals surface area (Å²) in [4.78, 5) is 32.3. The number of hydrogen-bond donors (Lipinski definition) is 1. The fourth-order valence-corrected chi connectivity index (χ4v) is 4.95. The molecule has 0 unspecified atom stereocenters. The highest BCUT2D eigenvalue weighted by Crippen LogP contribution is 2.37. The summed E-state index contributed by atoms with van der Waals surface area (Å²) >= 11 is 12.7. The van der Waals surface area contributed by atoms with E-state index < -0.39 is 12.0 Å². The number of carbonyl (C=O) groups is 2. The van der Waals surface area contributed by atoms with Gasteiger partial charge in [-0.2, -0.15) is 0 Å². The van der Waals surface area contributed by atoms with Gasteiger partial charge >= 0.3 is 12.0 Å². The van der Waals surface area contributed by atoms with Crippen LogP contribution in [0.3, 0.4) is 0 Å². The Morgan fingerprint density at radius 1 is 1.00 bits per heavy atom. The maximum Gasteiger partial charge on any atom is 0.338 e. The van der Waals surface area contributed by atoms with Crippen LogP contribution in [0.1, 0.15) is 24.1 Å². The molecule has 2 heterocycles. The lowest BCUT2D eigenvalue weighted by atomic mass is 9.94. The molecule has 0 bridgehead atoms. The lowest BCUT2D eigenvalue weighted by molar-refractivity contribution is -0.139. The summed E-state index contributed by atoms with van der Waals surface area (Å²) in [7, 11) is 1.67. The van der Waals surface area contributed by atoms with E-state index >= 15 is 0 Å². The lowest BCUT2D eigenvalue weighted by Crippen LogP contribution is -2.52. The molecule has 2 aliphatic heterocycles. The third-order valence-corrected chi connectivity index (χ3v) is 7.29. The van der Waals surface area contributed by atoms with Gasteiger partial charge in [0.15, 0.2) is 0 Å². The second-order valence-corrected chi connectivity index (χ2v) is 9.49.